The summed E-state index contributed by atoms with van der Waals surface area (Å²) in [5, 5.41) is 10.4. The van der Waals surface area contributed by atoms with E-state index in [9.17, 15) is 0 Å². The third kappa shape index (κ3) is 3.17. The fourth-order valence-electron chi connectivity index (χ4n) is 7.04. The summed E-state index contributed by atoms with van der Waals surface area (Å²) in [5.41, 5.74) is 6.26. The van der Waals surface area contributed by atoms with Crippen LogP contribution in [0.4, 0.5) is 0 Å². The minimum absolute atomic E-state index is 0.624. The Kier molecular flexibility index (Phi) is 4.69. The molecule has 0 unspecified atom stereocenters. The van der Waals surface area contributed by atoms with Crippen LogP contribution in [-0.4, -0.2) is 14.5 Å². The second-order valence-electron chi connectivity index (χ2n) is 11.4. The van der Waals surface area contributed by atoms with Crippen LogP contribution in [0.25, 0.3) is 93.4 Å². The first kappa shape index (κ1) is 23.6. The Morgan fingerprint density at radius 2 is 1.09 bits per heavy atom. The molecular formula is C40H23N3O. The summed E-state index contributed by atoms with van der Waals surface area (Å²) in [7, 11) is 0. The van der Waals surface area contributed by atoms with Crippen LogP contribution in [0.3, 0.4) is 0 Å². The van der Waals surface area contributed by atoms with Crippen LogP contribution in [0.15, 0.2) is 144 Å². The van der Waals surface area contributed by atoms with Crippen LogP contribution < -0.4 is 0 Å². The maximum absolute atomic E-state index is 6.59. The average molecular weight is 562 g/mol. The molecule has 0 N–H and O–H groups in total. The van der Waals surface area contributed by atoms with Crippen LogP contribution in [0, 0.1) is 0 Å². The minimum atomic E-state index is 0.624. The quantitative estimate of drug-likeness (QED) is 0.211. The summed E-state index contributed by atoms with van der Waals surface area (Å²) >= 11 is 0. The molecule has 10 rings (SSSR count). The smallest absolute Gasteiger partial charge is 0.236 e. The van der Waals surface area contributed by atoms with Gasteiger partial charge in [0.2, 0.25) is 5.95 Å². The summed E-state index contributed by atoms with van der Waals surface area (Å²) < 4.78 is 8.85. The molecule has 0 spiro atoms. The predicted octanol–water partition coefficient (Wildman–Crippen LogP) is 10.6. The zero-order chi connectivity index (χ0) is 28.8. The van der Waals surface area contributed by atoms with Gasteiger partial charge in [0, 0.05) is 21.7 Å². The fourth-order valence-corrected chi connectivity index (χ4v) is 7.04. The molecule has 0 aliphatic heterocycles. The van der Waals surface area contributed by atoms with Crippen LogP contribution >= 0.6 is 0 Å². The second-order valence-corrected chi connectivity index (χ2v) is 11.4. The molecule has 0 radical (unpaired) electrons. The van der Waals surface area contributed by atoms with E-state index < -0.39 is 0 Å². The largest absolute Gasteiger partial charge is 0.452 e. The highest BCUT2D eigenvalue weighted by Gasteiger charge is 2.23. The van der Waals surface area contributed by atoms with E-state index in [0.29, 0.717) is 11.5 Å². The maximum atomic E-state index is 6.59. The van der Waals surface area contributed by atoms with Gasteiger partial charge in [0.05, 0.1) is 16.4 Å². The van der Waals surface area contributed by atoms with E-state index in [1.807, 2.05) is 24.3 Å². The maximum Gasteiger partial charge on any atom is 0.236 e. The first-order valence-corrected chi connectivity index (χ1v) is 14.8. The molecule has 0 saturated heterocycles. The molecule has 0 atom stereocenters. The Bertz CT molecular complexity index is 2770. The van der Waals surface area contributed by atoms with Crippen molar-refractivity contribution in [2.75, 3.05) is 0 Å². The molecule has 4 nitrogen and oxygen atoms in total. The van der Waals surface area contributed by atoms with Gasteiger partial charge >= 0.3 is 0 Å². The molecule has 3 aromatic heterocycles. The first-order chi connectivity index (χ1) is 21.8. The third-order valence-corrected chi connectivity index (χ3v) is 8.98. The Hall–Kier alpha value is -6.00. The molecule has 0 amide bonds. The Labute approximate surface area is 251 Å². The Balaban J connectivity index is 1.44. The van der Waals surface area contributed by atoms with Crippen molar-refractivity contribution in [3.63, 3.8) is 0 Å². The van der Waals surface area contributed by atoms with Crippen molar-refractivity contribution < 1.29 is 4.42 Å². The van der Waals surface area contributed by atoms with Crippen molar-refractivity contribution in [2.24, 2.45) is 0 Å². The number of rotatable bonds is 2. The monoisotopic (exact) mass is 561 g/mol. The van der Waals surface area contributed by atoms with E-state index in [1.54, 1.807) is 0 Å². The van der Waals surface area contributed by atoms with Crippen LogP contribution in [-0.2, 0) is 0 Å². The van der Waals surface area contributed by atoms with Gasteiger partial charge in [0.1, 0.15) is 16.8 Å². The van der Waals surface area contributed by atoms with Gasteiger partial charge < -0.3 is 4.42 Å². The summed E-state index contributed by atoms with van der Waals surface area (Å²) in [6.45, 7) is 0. The second kappa shape index (κ2) is 8.76. The molecule has 3 heterocycles. The first-order valence-electron chi connectivity index (χ1n) is 14.8. The third-order valence-electron chi connectivity index (χ3n) is 8.98. The van der Waals surface area contributed by atoms with Crippen molar-refractivity contribution in [3.05, 3.63) is 140 Å². The van der Waals surface area contributed by atoms with E-state index in [-0.39, 0.29) is 0 Å². The highest BCUT2D eigenvalue weighted by atomic mass is 16.3. The number of benzene rings is 7. The van der Waals surface area contributed by atoms with E-state index in [2.05, 4.69) is 120 Å². The fraction of sp³-hybridized carbons (Fsp3) is 0. The highest BCUT2D eigenvalue weighted by Crippen LogP contribution is 2.42. The van der Waals surface area contributed by atoms with Gasteiger partial charge in [-0.15, -0.1) is 0 Å². The molecule has 0 aliphatic rings. The number of hydrogen-bond donors (Lipinski definition) is 0. The summed E-state index contributed by atoms with van der Waals surface area (Å²) in [6, 6.07) is 48.9. The van der Waals surface area contributed by atoms with Gasteiger partial charge in [0.15, 0.2) is 5.58 Å². The molecule has 44 heavy (non-hydrogen) atoms. The lowest BCUT2D eigenvalue weighted by Crippen LogP contribution is -2.03. The lowest BCUT2D eigenvalue weighted by atomic mass is 10.0. The van der Waals surface area contributed by atoms with E-state index in [1.165, 1.54) is 26.9 Å². The van der Waals surface area contributed by atoms with Crippen molar-refractivity contribution in [3.8, 4) is 17.2 Å². The summed E-state index contributed by atoms with van der Waals surface area (Å²) in [5.74, 6) is 0.624. The van der Waals surface area contributed by atoms with Crippen molar-refractivity contribution in [1.29, 1.82) is 0 Å². The van der Waals surface area contributed by atoms with Gasteiger partial charge in [-0.05, 0) is 39.1 Å². The molecule has 10 aromatic rings. The Morgan fingerprint density at radius 1 is 0.477 bits per heavy atom. The zero-order valence-corrected chi connectivity index (χ0v) is 23.5. The van der Waals surface area contributed by atoms with Crippen LogP contribution in [0.2, 0.25) is 0 Å². The lowest BCUT2D eigenvalue weighted by molar-refractivity contribution is 0.667. The number of furan rings is 1. The van der Waals surface area contributed by atoms with E-state index >= 15 is 0 Å². The Morgan fingerprint density at radius 3 is 1.86 bits per heavy atom. The van der Waals surface area contributed by atoms with Crippen LogP contribution in [0.1, 0.15) is 0 Å². The van der Waals surface area contributed by atoms with Gasteiger partial charge in [-0.1, -0.05) is 127 Å². The topological polar surface area (TPSA) is 43.9 Å². The highest BCUT2D eigenvalue weighted by molar-refractivity contribution is 6.26. The van der Waals surface area contributed by atoms with Crippen LogP contribution in [0.5, 0.6) is 0 Å². The van der Waals surface area contributed by atoms with Crippen molar-refractivity contribution >= 4 is 76.2 Å². The average Bonchev–Trinajstić information content (AvgIpc) is 3.65. The summed E-state index contributed by atoms with van der Waals surface area (Å²) in [4.78, 5) is 10.7. The SMILES string of the molecule is c1ccc(-c2nc(-n3c4ccc5ccccc5c4c4ccc5ccccc5c43)nc3c2oc2ccc4ccccc4c23)cc1. The summed E-state index contributed by atoms with van der Waals surface area (Å²) in [6.07, 6.45) is 0. The molecule has 0 fully saturated rings. The standard InChI is InChI=1S/C40H23N3O/c1-2-13-27(14-3-1)36-39-37(35-29-16-8-5-11-25(29)20-23-33(35)44-39)42-40(41-36)43-32-22-19-24-10-4-7-15-28(24)34(32)31-21-18-26-12-6-9-17-30(26)38(31)43/h1-23H. The molecule has 0 bridgehead atoms. The van der Waals surface area contributed by atoms with Gasteiger partial charge in [-0.25, -0.2) is 9.97 Å². The number of nitrogens with zero attached hydrogens (tertiary/aromatic N) is 3. The number of hydrogen-bond acceptors (Lipinski definition) is 3. The van der Waals surface area contributed by atoms with Gasteiger partial charge in [-0.2, -0.15) is 0 Å². The molecule has 7 aromatic carbocycles. The van der Waals surface area contributed by atoms with Gasteiger partial charge in [-0.3, -0.25) is 4.57 Å². The molecular weight excluding hydrogens is 538 g/mol. The van der Waals surface area contributed by atoms with Crippen molar-refractivity contribution in [1.82, 2.24) is 14.5 Å². The predicted molar refractivity (Wildman–Crippen MR) is 182 cm³/mol. The molecule has 0 aliphatic carbocycles. The number of aromatic nitrogens is 3. The minimum Gasteiger partial charge on any atom is -0.452 e. The lowest BCUT2D eigenvalue weighted by Gasteiger charge is -2.11. The zero-order valence-electron chi connectivity index (χ0n) is 23.5. The van der Waals surface area contributed by atoms with Crippen molar-refractivity contribution in [2.45, 2.75) is 0 Å². The molecule has 4 heteroatoms. The molecule has 0 saturated carbocycles. The van der Waals surface area contributed by atoms with E-state index in [4.69, 9.17) is 14.4 Å². The van der Waals surface area contributed by atoms with E-state index in [0.717, 1.165) is 54.9 Å². The van der Waals surface area contributed by atoms with Gasteiger partial charge in [0.25, 0.3) is 0 Å². The normalized spacial score (nSPS) is 12.1. The number of fused-ring (bicyclic) bond motifs is 12. The molecule has 204 valence electrons.